The molecular weight excluding hydrogens is 266 g/mol. The molecular formula is C12H29N3O3S. The average Bonchev–Trinajstić information content (AvgIpc) is 2.36. The maximum absolute atomic E-state index is 12.0. The van der Waals surface area contributed by atoms with E-state index in [-0.39, 0.29) is 6.54 Å². The molecule has 0 unspecified atom stereocenters. The van der Waals surface area contributed by atoms with Crippen molar-refractivity contribution in [3.8, 4) is 0 Å². The van der Waals surface area contributed by atoms with Gasteiger partial charge in [-0.25, -0.2) is 0 Å². The Morgan fingerprint density at radius 1 is 1.26 bits per heavy atom. The molecule has 0 aliphatic heterocycles. The lowest BCUT2D eigenvalue weighted by atomic mass is 10.1. The molecule has 0 aromatic carbocycles. The molecule has 0 spiro atoms. The first-order valence-corrected chi connectivity index (χ1v) is 8.16. The molecule has 0 aliphatic carbocycles. The van der Waals surface area contributed by atoms with Crippen LogP contribution < -0.4 is 10.0 Å². The molecule has 0 heterocycles. The van der Waals surface area contributed by atoms with Crippen LogP contribution in [0.1, 0.15) is 33.6 Å². The van der Waals surface area contributed by atoms with Crippen LogP contribution in [-0.4, -0.2) is 58.7 Å². The quantitative estimate of drug-likeness (QED) is 0.547. The maximum Gasteiger partial charge on any atom is 0.279 e. The Morgan fingerprint density at radius 3 is 2.42 bits per heavy atom. The smallest absolute Gasteiger partial charge is 0.279 e. The summed E-state index contributed by atoms with van der Waals surface area (Å²) in [5, 5.41) is 3.25. The number of methoxy groups -OCH3 is 1. The third-order valence-electron chi connectivity index (χ3n) is 2.90. The van der Waals surface area contributed by atoms with Crippen LogP contribution in [0.5, 0.6) is 0 Å². The molecule has 19 heavy (non-hydrogen) atoms. The van der Waals surface area contributed by atoms with Gasteiger partial charge in [-0.3, -0.25) is 0 Å². The van der Waals surface area contributed by atoms with Crippen LogP contribution >= 0.6 is 0 Å². The zero-order chi connectivity index (χ0) is 14.9. The van der Waals surface area contributed by atoms with Crippen LogP contribution in [0.2, 0.25) is 0 Å². The van der Waals surface area contributed by atoms with Crippen molar-refractivity contribution < 1.29 is 13.2 Å². The van der Waals surface area contributed by atoms with Crippen molar-refractivity contribution >= 4 is 10.2 Å². The summed E-state index contributed by atoms with van der Waals surface area (Å²) in [5.41, 5.74) is -0.503. The molecule has 0 aromatic rings. The minimum Gasteiger partial charge on any atom is -0.377 e. The molecule has 116 valence electrons. The van der Waals surface area contributed by atoms with Gasteiger partial charge in [0.05, 0.1) is 5.60 Å². The van der Waals surface area contributed by atoms with Gasteiger partial charge >= 0.3 is 0 Å². The Morgan fingerprint density at radius 2 is 1.89 bits per heavy atom. The van der Waals surface area contributed by atoms with Crippen molar-refractivity contribution in [1.82, 2.24) is 14.3 Å². The number of hydrogen-bond donors (Lipinski definition) is 2. The third kappa shape index (κ3) is 8.54. The van der Waals surface area contributed by atoms with E-state index < -0.39 is 15.8 Å². The van der Waals surface area contributed by atoms with Crippen LogP contribution in [0.15, 0.2) is 0 Å². The zero-order valence-corrected chi connectivity index (χ0v) is 13.6. The largest absolute Gasteiger partial charge is 0.377 e. The summed E-state index contributed by atoms with van der Waals surface area (Å²) in [6.45, 7) is 8.33. The molecule has 0 aromatic heterocycles. The molecule has 0 radical (unpaired) electrons. The van der Waals surface area contributed by atoms with E-state index in [1.165, 1.54) is 4.31 Å². The topological polar surface area (TPSA) is 70.7 Å². The van der Waals surface area contributed by atoms with Gasteiger partial charge in [0.15, 0.2) is 0 Å². The maximum atomic E-state index is 12.0. The molecule has 0 rings (SSSR count). The SMILES string of the molecule is CCCNCCCN(C)S(=O)(=O)NCC(C)(C)OC. The van der Waals surface area contributed by atoms with Crippen molar-refractivity contribution in [3.05, 3.63) is 0 Å². The summed E-state index contributed by atoms with van der Waals surface area (Å²) in [6.07, 6.45) is 1.88. The number of hydrogen-bond acceptors (Lipinski definition) is 4. The summed E-state index contributed by atoms with van der Waals surface area (Å²) < 4.78 is 33.0. The molecule has 0 bridgehead atoms. The lowest BCUT2D eigenvalue weighted by Crippen LogP contribution is -2.45. The Hall–Kier alpha value is -0.210. The van der Waals surface area contributed by atoms with Gasteiger partial charge in [-0.15, -0.1) is 0 Å². The highest BCUT2D eigenvalue weighted by atomic mass is 32.2. The molecule has 0 fully saturated rings. The van der Waals surface area contributed by atoms with Crippen molar-refractivity contribution in [2.24, 2.45) is 0 Å². The zero-order valence-electron chi connectivity index (χ0n) is 12.8. The van der Waals surface area contributed by atoms with E-state index in [4.69, 9.17) is 4.74 Å². The first-order chi connectivity index (χ1) is 8.75. The monoisotopic (exact) mass is 295 g/mol. The molecule has 2 N–H and O–H groups in total. The van der Waals surface area contributed by atoms with E-state index in [1.54, 1.807) is 14.2 Å². The number of ether oxygens (including phenoxy) is 1. The fraction of sp³-hybridized carbons (Fsp3) is 1.00. The highest BCUT2D eigenvalue weighted by Crippen LogP contribution is 2.06. The van der Waals surface area contributed by atoms with Crippen molar-refractivity contribution in [1.29, 1.82) is 0 Å². The number of nitrogens with zero attached hydrogens (tertiary/aromatic N) is 1. The van der Waals surface area contributed by atoms with Crippen LogP contribution in [-0.2, 0) is 14.9 Å². The Kier molecular flexibility index (Phi) is 8.76. The molecule has 0 saturated heterocycles. The van der Waals surface area contributed by atoms with Crippen molar-refractivity contribution in [3.63, 3.8) is 0 Å². The average molecular weight is 295 g/mol. The Balaban J connectivity index is 4.04. The third-order valence-corrected chi connectivity index (χ3v) is 4.41. The first kappa shape index (κ1) is 18.8. The molecule has 6 nitrogen and oxygen atoms in total. The lowest BCUT2D eigenvalue weighted by Gasteiger charge is -2.25. The van der Waals surface area contributed by atoms with E-state index in [0.29, 0.717) is 6.54 Å². The van der Waals surface area contributed by atoms with Crippen molar-refractivity contribution in [2.75, 3.05) is 40.3 Å². The van der Waals surface area contributed by atoms with Gasteiger partial charge in [-0.05, 0) is 39.8 Å². The summed E-state index contributed by atoms with van der Waals surface area (Å²) in [4.78, 5) is 0. The molecule has 7 heteroatoms. The summed E-state index contributed by atoms with van der Waals surface area (Å²) >= 11 is 0. The standard InChI is InChI=1S/C12H29N3O3S/c1-6-8-13-9-7-10-15(4)19(16,17)14-11-12(2,3)18-5/h13-14H,6-11H2,1-5H3. The fourth-order valence-electron chi connectivity index (χ4n) is 1.30. The minimum absolute atomic E-state index is 0.254. The van der Waals surface area contributed by atoms with Crippen molar-refractivity contribution in [2.45, 2.75) is 39.2 Å². The molecule has 0 atom stereocenters. The fourth-order valence-corrected chi connectivity index (χ4v) is 2.42. The van der Waals surface area contributed by atoms with Gasteiger partial charge in [0.25, 0.3) is 10.2 Å². The second-order valence-electron chi connectivity index (χ2n) is 5.22. The Bertz CT molecular complexity index is 331. The van der Waals surface area contributed by atoms with E-state index in [1.807, 2.05) is 13.8 Å². The number of rotatable bonds is 11. The predicted octanol–water partition coefficient (Wildman–Crippen LogP) is 0.567. The molecule has 0 aliphatic rings. The van der Waals surface area contributed by atoms with Crippen LogP contribution in [0.25, 0.3) is 0 Å². The first-order valence-electron chi connectivity index (χ1n) is 6.72. The summed E-state index contributed by atoms with van der Waals surface area (Å²) in [7, 11) is -0.269. The van der Waals surface area contributed by atoms with Gasteiger partial charge in [0.1, 0.15) is 0 Å². The van der Waals surface area contributed by atoms with Gasteiger partial charge in [0, 0.05) is 27.2 Å². The van der Waals surface area contributed by atoms with Gasteiger partial charge in [0.2, 0.25) is 0 Å². The van der Waals surface area contributed by atoms with Gasteiger partial charge in [-0.2, -0.15) is 17.4 Å². The normalized spacial score (nSPS) is 13.2. The highest BCUT2D eigenvalue weighted by molar-refractivity contribution is 7.87. The van der Waals surface area contributed by atoms with Crippen LogP contribution in [0, 0.1) is 0 Å². The Labute approximate surface area is 118 Å². The molecule has 0 saturated carbocycles. The molecule has 0 amide bonds. The van der Waals surface area contributed by atoms with Gasteiger partial charge < -0.3 is 10.1 Å². The van der Waals surface area contributed by atoms with E-state index >= 15 is 0 Å². The van der Waals surface area contributed by atoms with Crippen LogP contribution in [0.3, 0.4) is 0 Å². The highest BCUT2D eigenvalue weighted by Gasteiger charge is 2.22. The van der Waals surface area contributed by atoms with E-state index in [2.05, 4.69) is 17.0 Å². The van der Waals surface area contributed by atoms with E-state index in [9.17, 15) is 8.42 Å². The summed E-state index contributed by atoms with van der Waals surface area (Å²) in [5.74, 6) is 0. The van der Waals surface area contributed by atoms with E-state index in [0.717, 1.165) is 25.9 Å². The number of nitrogens with one attached hydrogen (secondary N) is 2. The predicted molar refractivity (Wildman–Crippen MR) is 78.4 cm³/mol. The second-order valence-corrected chi connectivity index (χ2v) is 7.08. The van der Waals surface area contributed by atoms with Gasteiger partial charge in [-0.1, -0.05) is 6.92 Å². The second kappa shape index (κ2) is 8.86. The minimum atomic E-state index is -3.42. The van der Waals surface area contributed by atoms with Crippen LogP contribution in [0.4, 0.5) is 0 Å². The summed E-state index contributed by atoms with van der Waals surface area (Å²) in [6, 6.07) is 0. The lowest BCUT2D eigenvalue weighted by molar-refractivity contribution is 0.0273.